The molecule has 0 saturated carbocycles. The molecule has 4 nitrogen and oxygen atoms in total. The first-order valence-corrected chi connectivity index (χ1v) is 6.88. The molecule has 2 heterocycles. The minimum atomic E-state index is 0.400. The van der Waals surface area contributed by atoms with Crippen LogP contribution in [0.4, 0.5) is 0 Å². The van der Waals surface area contributed by atoms with Crippen LogP contribution in [0.5, 0.6) is 11.6 Å². The number of nitrogens with zero attached hydrogens (tertiary/aromatic N) is 2. The first kappa shape index (κ1) is 13.5. The lowest BCUT2D eigenvalue weighted by molar-refractivity contribution is 0.459. The Bertz CT molecular complexity index is 794. The van der Waals surface area contributed by atoms with Gasteiger partial charge in [-0.3, -0.25) is 4.98 Å². The number of rotatable bonds is 3. The number of ether oxygens (including phenoxy) is 1. The van der Waals surface area contributed by atoms with E-state index in [1.165, 1.54) is 0 Å². The maximum Gasteiger partial charge on any atom is 0.224 e. The molecule has 3 rings (SSSR count). The van der Waals surface area contributed by atoms with Gasteiger partial charge in [0, 0.05) is 29.4 Å². The van der Waals surface area contributed by atoms with Gasteiger partial charge in [0.1, 0.15) is 5.75 Å². The number of aromatic nitrogens is 2. The SMILES string of the molecule is Cc1cc(C)c(CN)c(Oc2cccc3ncccc23)n1. The summed E-state index contributed by atoms with van der Waals surface area (Å²) in [6.45, 7) is 4.37. The number of fused-ring (bicyclic) bond motifs is 1. The van der Waals surface area contributed by atoms with E-state index in [0.717, 1.165) is 33.5 Å². The average Bonchev–Trinajstić information content (AvgIpc) is 2.47. The summed E-state index contributed by atoms with van der Waals surface area (Å²) in [5.41, 5.74) is 9.67. The maximum atomic E-state index is 6.04. The molecule has 0 saturated heterocycles. The second-order valence-electron chi connectivity index (χ2n) is 5.00. The van der Waals surface area contributed by atoms with E-state index in [1.807, 2.05) is 50.2 Å². The molecule has 0 spiro atoms. The van der Waals surface area contributed by atoms with Crippen LogP contribution in [0.3, 0.4) is 0 Å². The smallest absolute Gasteiger partial charge is 0.224 e. The van der Waals surface area contributed by atoms with Crippen LogP contribution >= 0.6 is 0 Å². The van der Waals surface area contributed by atoms with Crippen LogP contribution < -0.4 is 10.5 Å². The van der Waals surface area contributed by atoms with Crippen molar-refractivity contribution in [2.24, 2.45) is 5.73 Å². The number of hydrogen-bond donors (Lipinski definition) is 1. The fraction of sp³-hybridized carbons (Fsp3) is 0.176. The van der Waals surface area contributed by atoms with Gasteiger partial charge in [0.05, 0.1) is 5.52 Å². The van der Waals surface area contributed by atoms with Gasteiger partial charge < -0.3 is 10.5 Å². The van der Waals surface area contributed by atoms with Crippen molar-refractivity contribution in [3.63, 3.8) is 0 Å². The Morgan fingerprint density at radius 2 is 2.00 bits per heavy atom. The van der Waals surface area contributed by atoms with Crippen LogP contribution in [0.25, 0.3) is 10.9 Å². The van der Waals surface area contributed by atoms with Gasteiger partial charge in [-0.05, 0) is 49.7 Å². The second-order valence-corrected chi connectivity index (χ2v) is 5.00. The van der Waals surface area contributed by atoms with Crippen LogP contribution in [0.15, 0.2) is 42.6 Å². The van der Waals surface area contributed by atoms with Gasteiger partial charge in [-0.25, -0.2) is 4.98 Å². The van der Waals surface area contributed by atoms with Crippen LogP contribution in [0.1, 0.15) is 16.8 Å². The molecule has 106 valence electrons. The zero-order valence-electron chi connectivity index (χ0n) is 12.1. The fourth-order valence-electron chi connectivity index (χ4n) is 2.43. The van der Waals surface area contributed by atoms with Crippen molar-refractivity contribution in [1.82, 2.24) is 9.97 Å². The fourth-order valence-corrected chi connectivity index (χ4v) is 2.43. The van der Waals surface area contributed by atoms with Crippen molar-refractivity contribution < 1.29 is 4.74 Å². The summed E-state index contributed by atoms with van der Waals surface area (Å²) >= 11 is 0. The molecule has 0 atom stereocenters. The Balaban J connectivity index is 2.11. The van der Waals surface area contributed by atoms with Gasteiger partial charge in [-0.15, -0.1) is 0 Å². The predicted molar refractivity (Wildman–Crippen MR) is 83.4 cm³/mol. The third kappa shape index (κ3) is 2.58. The van der Waals surface area contributed by atoms with Crippen molar-refractivity contribution >= 4 is 10.9 Å². The molecule has 0 amide bonds. The van der Waals surface area contributed by atoms with Gasteiger partial charge in [0.15, 0.2) is 0 Å². The average molecular weight is 279 g/mol. The van der Waals surface area contributed by atoms with E-state index in [4.69, 9.17) is 10.5 Å². The molecule has 0 radical (unpaired) electrons. The summed E-state index contributed by atoms with van der Waals surface area (Å²) in [5, 5.41) is 0.962. The number of nitrogens with two attached hydrogens (primary N) is 1. The molecule has 3 aromatic rings. The molecule has 0 fully saturated rings. The normalized spacial score (nSPS) is 10.8. The van der Waals surface area contributed by atoms with E-state index < -0.39 is 0 Å². The van der Waals surface area contributed by atoms with Crippen LogP contribution in [0.2, 0.25) is 0 Å². The first-order chi connectivity index (χ1) is 10.2. The third-order valence-electron chi connectivity index (χ3n) is 3.45. The number of benzene rings is 1. The molecule has 21 heavy (non-hydrogen) atoms. The zero-order valence-corrected chi connectivity index (χ0v) is 12.1. The molecule has 0 aliphatic carbocycles. The zero-order chi connectivity index (χ0) is 14.8. The van der Waals surface area contributed by atoms with Gasteiger partial charge in [0.25, 0.3) is 0 Å². The Morgan fingerprint density at radius 1 is 1.14 bits per heavy atom. The topological polar surface area (TPSA) is 61.0 Å². The lowest BCUT2D eigenvalue weighted by atomic mass is 10.1. The van der Waals surface area contributed by atoms with Gasteiger partial charge in [-0.1, -0.05) is 6.07 Å². The molecule has 4 heteroatoms. The van der Waals surface area contributed by atoms with Crippen LogP contribution in [-0.2, 0) is 6.54 Å². The second kappa shape index (κ2) is 5.50. The Morgan fingerprint density at radius 3 is 2.81 bits per heavy atom. The Kier molecular flexibility index (Phi) is 3.54. The molecule has 1 aromatic carbocycles. The van der Waals surface area contributed by atoms with E-state index in [-0.39, 0.29) is 0 Å². The highest BCUT2D eigenvalue weighted by atomic mass is 16.5. The van der Waals surface area contributed by atoms with E-state index >= 15 is 0 Å². The minimum absolute atomic E-state index is 0.400. The van der Waals surface area contributed by atoms with Crippen LogP contribution in [0, 0.1) is 13.8 Å². The van der Waals surface area contributed by atoms with Crippen molar-refractivity contribution in [3.05, 3.63) is 59.4 Å². The quantitative estimate of drug-likeness (QED) is 0.797. The van der Waals surface area contributed by atoms with Crippen LogP contribution in [-0.4, -0.2) is 9.97 Å². The van der Waals surface area contributed by atoms with E-state index in [2.05, 4.69) is 9.97 Å². The molecule has 0 unspecified atom stereocenters. The molecular weight excluding hydrogens is 262 g/mol. The van der Waals surface area contributed by atoms with E-state index in [1.54, 1.807) is 6.20 Å². The molecular formula is C17H17N3O. The van der Waals surface area contributed by atoms with E-state index in [9.17, 15) is 0 Å². The third-order valence-corrected chi connectivity index (χ3v) is 3.45. The summed E-state index contributed by atoms with van der Waals surface area (Å²) in [6.07, 6.45) is 1.77. The Hall–Kier alpha value is -2.46. The number of hydrogen-bond acceptors (Lipinski definition) is 4. The summed E-state index contributed by atoms with van der Waals surface area (Å²) in [5.74, 6) is 1.32. The van der Waals surface area contributed by atoms with Crippen molar-refractivity contribution in [1.29, 1.82) is 0 Å². The largest absolute Gasteiger partial charge is 0.438 e. The summed E-state index contributed by atoms with van der Waals surface area (Å²) in [4.78, 5) is 8.82. The molecule has 2 aromatic heterocycles. The monoisotopic (exact) mass is 279 g/mol. The van der Waals surface area contributed by atoms with Crippen molar-refractivity contribution in [3.8, 4) is 11.6 Å². The summed E-state index contributed by atoms with van der Waals surface area (Å²) in [6, 6.07) is 11.7. The predicted octanol–water partition coefficient (Wildman–Crippen LogP) is 3.50. The maximum absolute atomic E-state index is 6.04. The van der Waals surface area contributed by atoms with Gasteiger partial charge in [0.2, 0.25) is 5.88 Å². The van der Waals surface area contributed by atoms with Crippen molar-refractivity contribution in [2.75, 3.05) is 0 Å². The lowest BCUT2D eigenvalue weighted by Gasteiger charge is -2.13. The highest BCUT2D eigenvalue weighted by Crippen LogP contribution is 2.30. The number of aryl methyl sites for hydroxylation is 2. The highest BCUT2D eigenvalue weighted by Gasteiger charge is 2.11. The lowest BCUT2D eigenvalue weighted by Crippen LogP contribution is -2.05. The summed E-state index contributed by atoms with van der Waals surface area (Å²) in [7, 11) is 0. The standard InChI is InChI=1S/C17H17N3O/c1-11-9-12(2)20-17(14(11)10-18)21-16-7-3-6-15-13(16)5-4-8-19-15/h3-9H,10,18H2,1-2H3. The molecule has 2 N–H and O–H groups in total. The Labute approximate surface area is 123 Å². The highest BCUT2D eigenvalue weighted by molar-refractivity contribution is 5.85. The number of pyridine rings is 2. The molecule has 0 bridgehead atoms. The summed E-state index contributed by atoms with van der Waals surface area (Å²) < 4.78 is 6.04. The van der Waals surface area contributed by atoms with Gasteiger partial charge >= 0.3 is 0 Å². The first-order valence-electron chi connectivity index (χ1n) is 6.88. The molecule has 0 aliphatic rings. The van der Waals surface area contributed by atoms with Gasteiger partial charge in [-0.2, -0.15) is 0 Å². The minimum Gasteiger partial charge on any atom is -0.438 e. The van der Waals surface area contributed by atoms with Crippen molar-refractivity contribution in [2.45, 2.75) is 20.4 Å². The molecule has 0 aliphatic heterocycles. The van der Waals surface area contributed by atoms with E-state index in [0.29, 0.717) is 12.4 Å².